The Balaban J connectivity index is 2.06. The molecule has 3 rings (SSSR count). The summed E-state index contributed by atoms with van der Waals surface area (Å²) in [5.74, 6) is 1.06. The second-order valence-electron chi connectivity index (χ2n) is 6.86. The first-order chi connectivity index (χ1) is 11.1. The van der Waals surface area contributed by atoms with Crippen molar-refractivity contribution < 1.29 is 0 Å². The smallest absolute Gasteiger partial charge is 0.183 e. The number of anilines is 1. The largest absolute Gasteiger partial charge is 0.384 e. The summed E-state index contributed by atoms with van der Waals surface area (Å²) in [6.07, 6.45) is 6.52. The van der Waals surface area contributed by atoms with Crippen LogP contribution in [0, 0.1) is 0 Å². The third-order valence-electron chi connectivity index (χ3n) is 6.08. The van der Waals surface area contributed by atoms with E-state index in [4.69, 9.17) is 4.98 Å². The Morgan fingerprint density at radius 2 is 1.74 bits per heavy atom. The fourth-order valence-corrected chi connectivity index (χ4v) is 20.9. The van der Waals surface area contributed by atoms with Crippen LogP contribution in [-0.2, 0) is 0 Å². The molecular weight excluding hydrogens is 318 g/mol. The number of hydrogen-bond donors (Lipinski definition) is 0. The number of fused-ring (bicyclic) bond motifs is 1. The molecule has 0 atom stereocenters. The van der Waals surface area contributed by atoms with Gasteiger partial charge in [0.15, 0.2) is 13.9 Å². The van der Waals surface area contributed by atoms with Crippen LogP contribution in [-0.4, -0.2) is 42.4 Å². The van der Waals surface area contributed by atoms with E-state index in [-0.39, 0.29) is 0 Å². The van der Waals surface area contributed by atoms with E-state index in [1.54, 1.807) is 12.5 Å². The molecule has 0 amide bonds. The third-order valence-corrected chi connectivity index (χ3v) is 20.2. The van der Waals surface area contributed by atoms with Crippen LogP contribution in [0.3, 0.4) is 0 Å². The summed E-state index contributed by atoms with van der Waals surface area (Å²) in [5, 5.41) is 0. The van der Waals surface area contributed by atoms with E-state index in [1.165, 1.54) is 36.0 Å². The Hall–Kier alpha value is -1.35. The quantitative estimate of drug-likeness (QED) is 0.772. The summed E-state index contributed by atoms with van der Waals surface area (Å²) >= 11 is 0. The van der Waals surface area contributed by atoms with E-state index < -0.39 is 16.3 Å². The fourth-order valence-electron chi connectivity index (χ4n) is 4.17. The summed E-state index contributed by atoms with van der Waals surface area (Å²) < 4.78 is 2.71. The molecule has 1 aliphatic heterocycles. The monoisotopic (exact) mass is 345 g/mol. The molecule has 2 aromatic heterocycles. The van der Waals surface area contributed by atoms with Gasteiger partial charge in [0.25, 0.3) is 0 Å². The van der Waals surface area contributed by atoms with Crippen molar-refractivity contribution >= 4 is 33.3 Å². The normalized spacial score (nSPS) is 19.4. The minimum absolute atomic E-state index is 0.722. The van der Waals surface area contributed by atoms with Crippen molar-refractivity contribution in [2.75, 3.05) is 10.7 Å². The van der Waals surface area contributed by atoms with Gasteiger partial charge >= 0.3 is 0 Å². The van der Waals surface area contributed by atoms with Gasteiger partial charge in [-0.25, -0.2) is 19.9 Å². The van der Waals surface area contributed by atoms with Crippen molar-refractivity contribution in [1.29, 1.82) is 0 Å². The second-order valence-corrected chi connectivity index (χ2v) is 17.4. The van der Waals surface area contributed by atoms with Gasteiger partial charge in [-0.15, -0.1) is 0 Å². The zero-order chi connectivity index (χ0) is 16.5. The van der Waals surface area contributed by atoms with E-state index in [1.807, 2.05) is 6.20 Å². The zero-order valence-electron chi connectivity index (χ0n) is 14.7. The molecule has 7 heteroatoms. The summed E-state index contributed by atoms with van der Waals surface area (Å²) in [7, 11) is -2.65. The van der Waals surface area contributed by atoms with Gasteiger partial charge in [-0.05, 0) is 17.8 Å². The molecule has 0 bridgehead atoms. The molecule has 1 saturated heterocycles. The topological polar surface area (TPSA) is 54.8 Å². The van der Waals surface area contributed by atoms with Crippen LogP contribution < -0.4 is 4.57 Å². The first-order valence-electron chi connectivity index (χ1n) is 8.82. The molecule has 0 aliphatic carbocycles. The molecule has 0 aromatic carbocycles. The van der Waals surface area contributed by atoms with Gasteiger partial charge in [-0.1, -0.05) is 39.8 Å². The number of rotatable bonds is 5. The highest BCUT2D eigenvalue weighted by molar-refractivity contribution is 7.03. The summed E-state index contributed by atoms with van der Waals surface area (Å²) in [5.41, 5.74) is 3.02. The van der Waals surface area contributed by atoms with E-state index in [9.17, 15) is 0 Å². The summed E-state index contributed by atoms with van der Waals surface area (Å²) in [6, 6.07) is 5.39. The molecule has 5 nitrogen and oxygen atoms in total. The van der Waals surface area contributed by atoms with E-state index >= 15 is 0 Å². The van der Waals surface area contributed by atoms with Crippen molar-refractivity contribution in [3.05, 3.63) is 18.7 Å². The number of nitrogens with zero attached hydrogens (tertiary/aromatic N) is 5. The Bertz CT molecular complexity index is 685. The molecule has 1 aliphatic rings. The van der Waals surface area contributed by atoms with E-state index in [0.29, 0.717) is 0 Å². The van der Waals surface area contributed by atoms with Crippen LogP contribution in [0.2, 0.25) is 29.8 Å². The van der Waals surface area contributed by atoms with Crippen LogP contribution in [0.5, 0.6) is 0 Å². The van der Waals surface area contributed by atoms with Gasteiger partial charge in [0.2, 0.25) is 0 Å². The van der Waals surface area contributed by atoms with Crippen LogP contribution >= 0.6 is 0 Å². The van der Waals surface area contributed by atoms with Crippen molar-refractivity contribution in [1.82, 2.24) is 19.9 Å². The van der Waals surface area contributed by atoms with Gasteiger partial charge in [0, 0.05) is 6.17 Å². The molecule has 0 N–H and O–H groups in total. The highest BCUT2D eigenvalue weighted by Gasteiger charge is 2.53. The van der Waals surface area contributed by atoms with Crippen LogP contribution in [0.25, 0.3) is 11.2 Å². The van der Waals surface area contributed by atoms with E-state index in [2.05, 4.69) is 47.2 Å². The van der Waals surface area contributed by atoms with Crippen molar-refractivity contribution in [3.8, 4) is 0 Å². The van der Waals surface area contributed by atoms with Crippen molar-refractivity contribution in [2.45, 2.75) is 57.5 Å². The molecule has 0 saturated carbocycles. The fraction of sp³-hybridized carbons (Fsp3) is 0.625. The highest BCUT2D eigenvalue weighted by atomic mass is 28.4. The lowest BCUT2D eigenvalue weighted by atomic mass is 10.5. The molecule has 124 valence electrons. The summed E-state index contributed by atoms with van der Waals surface area (Å²) in [4.78, 5) is 17.8. The van der Waals surface area contributed by atoms with Crippen molar-refractivity contribution in [3.63, 3.8) is 0 Å². The molecule has 0 spiro atoms. The average molecular weight is 346 g/mol. The third kappa shape index (κ3) is 2.69. The van der Waals surface area contributed by atoms with Gasteiger partial charge in [-0.2, -0.15) is 0 Å². The molecular formula is C16H27N5Si2. The molecule has 1 fully saturated rings. The minimum atomic E-state index is -1.47. The Morgan fingerprint density at radius 3 is 2.39 bits per heavy atom. The SMILES string of the molecule is CC[Si]1(CC)CN(c2cnc3cncnc3n2)[Si](CC)(CC)C1. The maximum absolute atomic E-state index is 4.85. The van der Waals surface area contributed by atoms with Crippen LogP contribution in [0.4, 0.5) is 5.82 Å². The van der Waals surface area contributed by atoms with Gasteiger partial charge in [-0.3, -0.25) is 0 Å². The number of hydrogen-bond acceptors (Lipinski definition) is 5. The maximum Gasteiger partial charge on any atom is 0.183 e. The lowest BCUT2D eigenvalue weighted by Crippen LogP contribution is -2.48. The lowest BCUT2D eigenvalue weighted by molar-refractivity contribution is 1.05. The highest BCUT2D eigenvalue weighted by Crippen LogP contribution is 2.43. The average Bonchev–Trinajstić information content (AvgIpc) is 2.97. The Kier molecular flexibility index (Phi) is 4.50. The number of aromatic nitrogens is 4. The Morgan fingerprint density at radius 1 is 1.00 bits per heavy atom. The molecule has 23 heavy (non-hydrogen) atoms. The molecule has 0 radical (unpaired) electrons. The maximum atomic E-state index is 4.85. The first-order valence-corrected chi connectivity index (χ1v) is 14.2. The summed E-state index contributed by atoms with van der Waals surface area (Å²) in [6.45, 7) is 9.58. The molecule has 3 heterocycles. The predicted octanol–water partition coefficient (Wildman–Crippen LogP) is 3.79. The van der Waals surface area contributed by atoms with Crippen molar-refractivity contribution in [2.24, 2.45) is 0 Å². The van der Waals surface area contributed by atoms with Gasteiger partial charge in [0.05, 0.1) is 20.5 Å². The zero-order valence-corrected chi connectivity index (χ0v) is 16.7. The standard InChI is InChI=1S/C16H27N5Si2/c1-5-22(6-2)12-21(23(7-3,8-4)13-22)15-10-18-14-9-17-11-19-16(14)20-15/h9-11H,5-8,12-13H2,1-4H3. The van der Waals surface area contributed by atoms with Crippen LogP contribution in [0.1, 0.15) is 27.7 Å². The minimum Gasteiger partial charge on any atom is -0.384 e. The predicted molar refractivity (Wildman–Crippen MR) is 101 cm³/mol. The van der Waals surface area contributed by atoms with Gasteiger partial charge in [0.1, 0.15) is 17.7 Å². The second kappa shape index (κ2) is 6.28. The van der Waals surface area contributed by atoms with Crippen LogP contribution in [0.15, 0.2) is 18.7 Å². The first kappa shape index (κ1) is 16.5. The molecule has 2 aromatic rings. The lowest BCUT2D eigenvalue weighted by Gasteiger charge is -2.36. The van der Waals surface area contributed by atoms with Gasteiger partial charge < -0.3 is 4.57 Å². The Labute approximate surface area is 140 Å². The molecule has 0 unspecified atom stereocenters. The van der Waals surface area contributed by atoms with E-state index in [0.717, 1.165) is 17.0 Å².